The van der Waals surface area contributed by atoms with Gasteiger partial charge >= 0.3 is 0 Å². The Morgan fingerprint density at radius 1 is 1.30 bits per heavy atom. The number of ether oxygens (including phenoxy) is 1. The summed E-state index contributed by atoms with van der Waals surface area (Å²) in [4.78, 5) is 2.35. The summed E-state index contributed by atoms with van der Waals surface area (Å²) in [5.74, 6) is 1.93. The van der Waals surface area contributed by atoms with Crippen molar-refractivity contribution in [1.29, 1.82) is 0 Å². The molecule has 0 aliphatic carbocycles. The summed E-state index contributed by atoms with van der Waals surface area (Å²) in [5, 5.41) is 3.37. The zero-order chi connectivity index (χ0) is 15.0. The molecule has 20 heavy (non-hydrogen) atoms. The fraction of sp³-hybridized carbons (Fsp3) is 0.750. The minimum Gasteiger partial charge on any atom is -0.462 e. The van der Waals surface area contributed by atoms with Gasteiger partial charge < -0.3 is 19.4 Å². The van der Waals surface area contributed by atoms with Crippen LogP contribution in [0.4, 0.5) is 0 Å². The van der Waals surface area contributed by atoms with Crippen LogP contribution >= 0.6 is 0 Å². The molecule has 4 heteroatoms. The van der Waals surface area contributed by atoms with Gasteiger partial charge in [-0.1, -0.05) is 27.7 Å². The van der Waals surface area contributed by atoms with E-state index in [1.54, 1.807) is 0 Å². The number of rotatable bonds is 10. The van der Waals surface area contributed by atoms with E-state index in [-0.39, 0.29) is 0 Å². The fourth-order valence-electron chi connectivity index (χ4n) is 2.04. The van der Waals surface area contributed by atoms with Crippen LogP contribution in [0.2, 0.25) is 0 Å². The summed E-state index contributed by atoms with van der Waals surface area (Å²) >= 11 is 0. The maximum Gasteiger partial charge on any atom is 0.130 e. The summed E-state index contributed by atoms with van der Waals surface area (Å²) in [7, 11) is 0. The van der Waals surface area contributed by atoms with Crippen molar-refractivity contribution in [2.75, 3.05) is 26.2 Å². The van der Waals surface area contributed by atoms with Crippen molar-refractivity contribution in [3.63, 3.8) is 0 Å². The predicted molar refractivity (Wildman–Crippen MR) is 82.9 cm³/mol. The molecule has 0 unspecified atom stereocenters. The lowest BCUT2D eigenvalue weighted by Gasteiger charge is -2.17. The van der Waals surface area contributed by atoms with Gasteiger partial charge in [-0.2, -0.15) is 0 Å². The van der Waals surface area contributed by atoms with Gasteiger partial charge in [0.1, 0.15) is 18.1 Å². The summed E-state index contributed by atoms with van der Waals surface area (Å²) in [6.45, 7) is 15.9. The first-order valence-electron chi connectivity index (χ1n) is 7.68. The van der Waals surface area contributed by atoms with Gasteiger partial charge in [-0.05, 0) is 31.6 Å². The fourth-order valence-corrected chi connectivity index (χ4v) is 2.04. The van der Waals surface area contributed by atoms with Gasteiger partial charge in [0.2, 0.25) is 0 Å². The van der Waals surface area contributed by atoms with Crippen molar-refractivity contribution in [2.24, 2.45) is 0 Å². The number of hydrogen-bond acceptors (Lipinski definition) is 4. The molecule has 0 aliphatic rings. The highest BCUT2D eigenvalue weighted by molar-refractivity contribution is 5.19. The van der Waals surface area contributed by atoms with Crippen LogP contribution in [-0.2, 0) is 17.9 Å². The molecule has 0 radical (unpaired) electrons. The van der Waals surface area contributed by atoms with Crippen LogP contribution in [-0.4, -0.2) is 37.2 Å². The molecule has 1 heterocycles. The lowest BCUT2D eigenvalue weighted by atomic mass is 10.2. The number of likely N-dealkylation sites (N-methyl/N-ethyl adjacent to an activating group) is 1. The first-order valence-corrected chi connectivity index (χ1v) is 7.68. The first-order chi connectivity index (χ1) is 9.56. The smallest absolute Gasteiger partial charge is 0.130 e. The Kier molecular flexibility index (Phi) is 7.88. The van der Waals surface area contributed by atoms with Crippen LogP contribution in [0.3, 0.4) is 0 Å². The molecule has 1 N–H and O–H groups in total. The number of hydrogen-bond donors (Lipinski definition) is 1. The third kappa shape index (κ3) is 6.07. The summed E-state index contributed by atoms with van der Waals surface area (Å²) in [5.41, 5.74) is 1.19. The summed E-state index contributed by atoms with van der Waals surface area (Å²) < 4.78 is 11.5. The van der Waals surface area contributed by atoms with E-state index in [0.717, 1.165) is 44.3 Å². The Morgan fingerprint density at radius 2 is 2.00 bits per heavy atom. The minimum absolute atomic E-state index is 0.466. The second-order valence-corrected chi connectivity index (χ2v) is 5.43. The number of nitrogens with one attached hydrogen (secondary N) is 1. The monoisotopic (exact) mass is 282 g/mol. The minimum atomic E-state index is 0.466. The predicted octanol–water partition coefficient (Wildman–Crippen LogP) is 2.94. The van der Waals surface area contributed by atoms with Crippen LogP contribution in [0.1, 0.15) is 44.8 Å². The van der Waals surface area contributed by atoms with Crippen molar-refractivity contribution < 1.29 is 9.15 Å². The molecule has 1 aromatic heterocycles. The highest BCUT2D eigenvalue weighted by atomic mass is 16.5. The van der Waals surface area contributed by atoms with Gasteiger partial charge in [0.05, 0.1) is 13.2 Å². The third-order valence-corrected chi connectivity index (χ3v) is 3.43. The zero-order valence-corrected chi connectivity index (χ0v) is 13.7. The van der Waals surface area contributed by atoms with E-state index < -0.39 is 0 Å². The molecule has 1 aromatic rings. The van der Waals surface area contributed by atoms with Crippen LogP contribution in [0.15, 0.2) is 10.5 Å². The summed E-state index contributed by atoms with van der Waals surface area (Å²) in [6.07, 6.45) is 0. The molecule has 116 valence electrons. The number of furan rings is 1. The van der Waals surface area contributed by atoms with Crippen molar-refractivity contribution in [2.45, 2.75) is 53.8 Å². The van der Waals surface area contributed by atoms with E-state index in [2.05, 4.69) is 50.9 Å². The highest BCUT2D eigenvalue weighted by Crippen LogP contribution is 2.15. The maximum atomic E-state index is 5.82. The van der Waals surface area contributed by atoms with Crippen LogP contribution in [0, 0.1) is 6.92 Å². The SMILES string of the molecule is CCN(CC)CCOCc1cc(C)c(CNC(C)C)o1. The molecule has 0 aromatic carbocycles. The molecule has 0 saturated heterocycles. The maximum absolute atomic E-state index is 5.82. The van der Waals surface area contributed by atoms with Gasteiger partial charge in [-0.15, -0.1) is 0 Å². The highest BCUT2D eigenvalue weighted by Gasteiger charge is 2.08. The molecule has 0 amide bonds. The molecule has 0 bridgehead atoms. The first kappa shape index (κ1) is 17.2. The lowest BCUT2D eigenvalue weighted by Crippen LogP contribution is -2.26. The molecule has 0 fully saturated rings. The van der Waals surface area contributed by atoms with E-state index in [1.165, 1.54) is 5.56 Å². The van der Waals surface area contributed by atoms with Crippen LogP contribution < -0.4 is 5.32 Å². The van der Waals surface area contributed by atoms with Crippen LogP contribution in [0.25, 0.3) is 0 Å². The van der Waals surface area contributed by atoms with Gasteiger partial charge in [-0.25, -0.2) is 0 Å². The van der Waals surface area contributed by atoms with E-state index in [1.807, 2.05) is 0 Å². The van der Waals surface area contributed by atoms with Crippen LogP contribution in [0.5, 0.6) is 0 Å². The molecule has 1 rings (SSSR count). The molecule has 0 aliphatic heterocycles. The molecule has 4 nitrogen and oxygen atoms in total. The quantitative estimate of drug-likeness (QED) is 0.670. The zero-order valence-electron chi connectivity index (χ0n) is 13.7. The molecule has 0 atom stereocenters. The van der Waals surface area contributed by atoms with Crippen molar-refractivity contribution in [3.8, 4) is 0 Å². The van der Waals surface area contributed by atoms with Crippen molar-refractivity contribution in [1.82, 2.24) is 10.2 Å². The van der Waals surface area contributed by atoms with Gasteiger partial charge in [0.15, 0.2) is 0 Å². The second kappa shape index (κ2) is 9.16. The topological polar surface area (TPSA) is 37.6 Å². The molecular weight excluding hydrogens is 252 g/mol. The Balaban J connectivity index is 2.32. The average Bonchev–Trinajstić information content (AvgIpc) is 2.77. The Bertz CT molecular complexity index is 371. The van der Waals surface area contributed by atoms with Gasteiger partial charge in [0, 0.05) is 12.6 Å². The average molecular weight is 282 g/mol. The van der Waals surface area contributed by atoms with Gasteiger partial charge in [-0.3, -0.25) is 0 Å². The number of aryl methyl sites for hydroxylation is 1. The molecule has 0 spiro atoms. The normalized spacial score (nSPS) is 11.8. The van der Waals surface area contributed by atoms with Gasteiger partial charge in [0.25, 0.3) is 0 Å². The lowest BCUT2D eigenvalue weighted by molar-refractivity contribution is 0.0836. The van der Waals surface area contributed by atoms with E-state index in [9.17, 15) is 0 Å². The van der Waals surface area contributed by atoms with Crippen molar-refractivity contribution in [3.05, 3.63) is 23.2 Å². The summed E-state index contributed by atoms with van der Waals surface area (Å²) in [6, 6.07) is 2.54. The Hall–Kier alpha value is -0.840. The standard InChI is InChI=1S/C16H30N2O2/c1-6-18(7-2)8-9-19-12-15-10-14(5)16(20-15)11-17-13(3)4/h10,13,17H,6-9,11-12H2,1-5H3. The number of nitrogens with zero attached hydrogens (tertiary/aromatic N) is 1. The Labute approximate surface area is 123 Å². The second-order valence-electron chi connectivity index (χ2n) is 5.43. The third-order valence-electron chi connectivity index (χ3n) is 3.43. The largest absolute Gasteiger partial charge is 0.462 e. The van der Waals surface area contributed by atoms with E-state index in [4.69, 9.17) is 9.15 Å². The molecule has 0 saturated carbocycles. The molecular formula is C16H30N2O2. The van der Waals surface area contributed by atoms with Crippen molar-refractivity contribution >= 4 is 0 Å². The Morgan fingerprint density at radius 3 is 2.60 bits per heavy atom. The van der Waals surface area contributed by atoms with E-state index in [0.29, 0.717) is 12.6 Å². The van der Waals surface area contributed by atoms with E-state index >= 15 is 0 Å².